The second kappa shape index (κ2) is 7.68. The van der Waals surface area contributed by atoms with Gasteiger partial charge in [0.25, 0.3) is 0 Å². The van der Waals surface area contributed by atoms with E-state index in [9.17, 15) is 0 Å². The van der Waals surface area contributed by atoms with E-state index in [4.69, 9.17) is 0 Å². The Bertz CT molecular complexity index is 465. The lowest BCUT2D eigenvalue weighted by molar-refractivity contribution is 0.570. The number of benzene rings is 1. The number of nitrogens with one attached hydrogen (secondary N) is 1. The average Bonchev–Trinajstić information content (AvgIpc) is 2.96. The van der Waals surface area contributed by atoms with Crippen molar-refractivity contribution in [2.75, 3.05) is 6.54 Å². The van der Waals surface area contributed by atoms with Crippen molar-refractivity contribution in [1.29, 1.82) is 0 Å². The molecule has 0 radical (unpaired) electrons. The van der Waals surface area contributed by atoms with Crippen LogP contribution in [-0.2, 0) is 5.75 Å². The highest BCUT2D eigenvalue weighted by molar-refractivity contribution is 7.98. The number of aromatic nitrogens is 1. The maximum Gasteiger partial charge on any atom is 0.0795 e. The second-order valence-electron chi connectivity index (χ2n) is 4.51. The number of thiazole rings is 1. The van der Waals surface area contributed by atoms with Gasteiger partial charge in [0.1, 0.15) is 0 Å². The fourth-order valence-corrected chi connectivity index (χ4v) is 3.26. The van der Waals surface area contributed by atoms with Gasteiger partial charge < -0.3 is 5.32 Å². The third-order valence-corrected chi connectivity index (χ3v) is 4.63. The molecule has 1 aromatic heterocycles. The van der Waals surface area contributed by atoms with E-state index in [1.807, 2.05) is 17.3 Å². The van der Waals surface area contributed by atoms with E-state index in [1.54, 1.807) is 11.3 Å². The van der Waals surface area contributed by atoms with Crippen LogP contribution in [0, 0.1) is 0 Å². The monoisotopic (exact) mass is 292 g/mol. The van der Waals surface area contributed by atoms with Crippen molar-refractivity contribution in [2.24, 2.45) is 0 Å². The molecule has 0 bridgehead atoms. The number of hydrogen-bond acceptors (Lipinski definition) is 4. The predicted octanol–water partition coefficient (Wildman–Crippen LogP) is 4.50. The fourth-order valence-electron chi connectivity index (χ4n) is 1.80. The van der Waals surface area contributed by atoms with Crippen LogP contribution in [0.2, 0.25) is 0 Å². The summed E-state index contributed by atoms with van der Waals surface area (Å²) in [5, 5.41) is 5.62. The van der Waals surface area contributed by atoms with Gasteiger partial charge in [-0.05, 0) is 37.6 Å². The molecule has 2 nitrogen and oxygen atoms in total. The molecule has 1 atom stereocenters. The van der Waals surface area contributed by atoms with Gasteiger partial charge in [0.15, 0.2) is 0 Å². The summed E-state index contributed by atoms with van der Waals surface area (Å²) in [4.78, 5) is 5.60. The van der Waals surface area contributed by atoms with Crippen molar-refractivity contribution in [1.82, 2.24) is 10.3 Å². The van der Waals surface area contributed by atoms with E-state index in [-0.39, 0.29) is 0 Å². The first-order chi connectivity index (χ1) is 9.29. The zero-order chi connectivity index (χ0) is 13.5. The maximum absolute atomic E-state index is 4.30. The molecular formula is C15H20N2S2. The molecule has 0 amide bonds. The summed E-state index contributed by atoms with van der Waals surface area (Å²) >= 11 is 3.50. The van der Waals surface area contributed by atoms with E-state index in [0.717, 1.165) is 18.0 Å². The first-order valence-electron chi connectivity index (χ1n) is 6.62. The van der Waals surface area contributed by atoms with Gasteiger partial charge >= 0.3 is 0 Å². The van der Waals surface area contributed by atoms with Crippen LogP contribution in [0.5, 0.6) is 0 Å². The Morgan fingerprint density at radius 1 is 1.32 bits per heavy atom. The van der Waals surface area contributed by atoms with E-state index in [2.05, 4.69) is 53.8 Å². The molecule has 1 unspecified atom stereocenters. The Hall–Kier alpha value is -0.840. The van der Waals surface area contributed by atoms with Crippen LogP contribution in [0.1, 0.15) is 37.6 Å². The summed E-state index contributed by atoms with van der Waals surface area (Å²) in [6, 6.07) is 9.28. The van der Waals surface area contributed by atoms with Crippen LogP contribution in [0.3, 0.4) is 0 Å². The fraction of sp³-hybridized carbons (Fsp3) is 0.400. The van der Waals surface area contributed by atoms with Gasteiger partial charge in [-0.15, -0.1) is 23.1 Å². The van der Waals surface area contributed by atoms with E-state index < -0.39 is 0 Å². The number of rotatable bonds is 7. The Labute approximate surface area is 123 Å². The molecule has 0 aliphatic rings. The molecule has 0 fully saturated rings. The van der Waals surface area contributed by atoms with E-state index >= 15 is 0 Å². The molecule has 4 heteroatoms. The van der Waals surface area contributed by atoms with E-state index in [1.165, 1.54) is 16.9 Å². The Balaban J connectivity index is 1.87. The quantitative estimate of drug-likeness (QED) is 0.761. The smallest absolute Gasteiger partial charge is 0.0795 e. The first kappa shape index (κ1) is 14.6. The molecule has 2 rings (SSSR count). The summed E-state index contributed by atoms with van der Waals surface area (Å²) in [7, 11) is 0. The molecule has 0 saturated carbocycles. The predicted molar refractivity (Wildman–Crippen MR) is 84.8 cm³/mol. The van der Waals surface area contributed by atoms with Gasteiger partial charge in [-0.1, -0.05) is 19.1 Å². The Morgan fingerprint density at radius 3 is 2.74 bits per heavy atom. The molecular weight excluding hydrogens is 272 g/mol. The molecule has 1 aromatic carbocycles. The Kier molecular flexibility index (Phi) is 5.89. The first-order valence-corrected chi connectivity index (χ1v) is 8.55. The maximum atomic E-state index is 4.30. The summed E-state index contributed by atoms with van der Waals surface area (Å²) < 4.78 is 0. The van der Waals surface area contributed by atoms with Crippen LogP contribution in [-0.4, -0.2) is 11.5 Å². The molecule has 0 aliphatic heterocycles. The molecule has 0 saturated heterocycles. The largest absolute Gasteiger partial charge is 0.310 e. The van der Waals surface area contributed by atoms with Crippen molar-refractivity contribution in [2.45, 2.75) is 37.0 Å². The number of thioether (sulfide) groups is 1. The zero-order valence-electron chi connectivity index (χ0n) is 11.4. The van der Waals surface area contributed by atoms with Crippen LogP contribution in [0.15, 0.2) is 40.1 Å². The van der Waals surface area contributed by atoms with Crippen molar-refractivity contribution >= 4 is 23.1 Å². The SMILES string of the molecule is CCCNC(C)c1ccc(SCc2cscn2)cc1. The molecule has 1 heterocycles. The average molecular weight is 292 g/mol. The summed E-state index contributed by atoms with van der Waals surface area (Å²) in [6.07, 6.45) is 1.17. The molecule has 0 spiro atoms. The van der Waals surface area contributed by atoms with Gasteiger partial charge in [-0.3, -0.25) is 0 Å². The van der Waals surface area contributed by atoms with Crippen LogP contribution in [0.4, 0.5) is 0 Å². The molecule has 0 aliphatic carbocycles. The van der Waals surface area contributed by atoms with Crippen molar-refractivity contribution in [3.05, 3.63) is 46.4 Å². The van der Waals surface area contributed by atoms with Crippen LogP contribution < -0.4 is 5.32 Å². The molecule has 102 valence electrons. The minimum Gasteiger partial charge on any atom is -0.310 e. The van der Waals surface area contributed by atoms with Gasteiger partial charge in [0, 0.05) is 22.1 Å². The van der Waals surface area contributed by atoms with Crippen LogP contribution in [0.25, 0.3) is 0 Å². The minimum absolute atomic E-state index is 0.428. The lowest BCUT2D eigenvalue weighted by Crippen LogP contribution is -2.19. The summed E-state index contributed by atoms with van der Waals surface area (Å²) in [5.74, 6) is 0.951. The second-order valence-corrected chi connectivity index (χ2v) is 6.28. The third kappa shape index (κ3) is 4.64. The highest BCUT2D eigenvalue weighted by Crippen LogP contribution is 2.24. The standard InChI is InChI=1S/C15H20N2S2/c1-3-8-16-12(2)13-4-6-15(7-5-13)19-10-14-9-18-11-17-14/h4-7,9,11-12,16H,3,8,10H2,1-2H3. The number of nitrogens with zero attached hydrogens (tertiary/aromatic N) is 1. The van der Waals surface area contributed by atoms with E-state index in [0.29, 0.717) is 6.04 Å². The normalized spacial score (nSPS) is 12.5. The lowest BCUT2D eigenvalue weighted by atomic mass is 10.1. The highest BCUT2D eigenvalue weighted by Gasteiger charge is 2.04. The van der Waals surface area contributed by atoms with Gasteiger partial charge in [0.2, 0.25) is 0 Å². The van der Waals surface area contributed by atoms with Gasteiger partial charge in [0.05, 0.1) is 11.2 Å². The molecule has 2 aromatic rings. The third-order valence-electron chi connectivity index (χ3n) is 2.95. The molecule has 19 heavy (non-hydrogen) atoms. The van der Waals surface area contributed by atoms with Crippen LogP contribution >= 0.6 is 23.1 Å². The summed E-state index contributed by atoms with van der Waals surface area (Å²) in [5.41, 5.74) is 4.41. The Morgan fingerprint density at radius 2 is 2.11 bits per heavy atom. The van der Waals surface area contributed by atoms with Crippen molar-refractivity contribution < 1.29 is 0 Å². The molecule has 1 N–H and O–H groups in total. The topological polar surface area (TPSA) is 24.9 Å². The van der Waals surface area contributed by atoms with Crippen molar-refractivity contribution in [3.63, 3.8) is 0 Å². The zero-order valence-corrected chi connectivity index (χ0v) is 13.1. The summed E-state index contributed by atoms with van der Waals surface area (Å²) in [6.45, 7) is 5.48. The van der Waals surface area contributed by atoms with Gasteiger partial charge in [-0.2, -0.15) is 0 Å². The minimum atomic E-state index is 0.428. The number of hydrogen-bond donors (Lipinski definition) is 1. The van der Waals surface area contributed by atoms with Gasteiger partial charge in [-0.25, -0.2) is 4.98 Å². The van der Waals surface area contributed by atoms with Crippen molar-refractivity contribution in [3.8, 4) is 0 Å². The highest BCUT2D eigenvalue weighted by atomic mass is 32.2. The lowest BCUT2D eigenvalue weighted by Gasteiger charge is -2.13.